The summed E-state index contributed by atoms with van der Waals surface area (Å²) in [4.78, 5) is 10.2. The number of aromatic nitrogens is 1. The maximum atomic E-state index is 13.2. The molecule has 1 aromatic carbocycles. The average molecular weight is 448 g/mol. The number of hydrogen-bond donors (Lipinski definition) is 2. The van der Waals surface area contributed by atoms with Gasteiger partial charge >= 0.3 is 0 Å². The number of nitrogens with one attached hydrogen (secondary N) is 2. The lowest BCUT2D eigenvalue weighted by atomic mass is 10.2. The van der Waals surface area contributed by atoms with E-state index in [0.717, 1.165) is 22.8 Å². The normalized spacial score (nSPS) is 11.0. The van der Waals surface area contributed by atoms with Crippen molar-refractivity contribution in [3.05, 3.63) is 51.2 Å². The van der Waals surface area contributed by atoms with Crippen molar-refractivity contribution in [2.45, 2.75) is 33.9 Å². The van der Waals surface area contributed by atoms with Crippen LogP contribution in [0.2, 0.25) is 0 Å². The van der Waals surface area contributed by atoms with Crippen molar-refractivity contribution in [1.29, 1.82) is 0 Å². The standard InChI is InChI=1S/C16H21FN4S.HI/c1-4-18-16(19-9-13-6-5-7-14(17)8-13)20-10-15-21-11(2)12(3)22-15;/h5-8H,4,9-10H2,1-3H3,(H2,18,19,20);1H. The van der Waals surface area contributed by atoms with Crippen molar-refractivity contribution >= 4 is 41.3 Å². The second-order valence-electron chi connectivity index (χ2n) is 4.93. The van der Waals surface area contributed by atoms with Crippen LogP contribution in [0.5, 0.6) is 0 Å². The van der Waals surface area contributed by atoms with Crippen LogP contribution in [0.3, 0.4) is 0 Å². The Bertz CT molecular complexity index is 638. The van der Waals surface area contributed by atoms with Crippen molar-refractivity contribution in [3.63, 3.8) is 0 Å². The maximum absolute atomic E-state index is 13.2. The Hall–Kier alpha value is -1.22. The van der Waals surface area contributed by atoms with Gasteiger partial charge < -0.3 is 10.6 Å². The van der Waals surface area contributed by atoms with Crippen LogP contribution in [-0.4, -0.2) is 17.5 Å². The molecule has 0 aliphatic heterocycles. The first-order chi connectivity index (χ1) is 10.6. The van der Waals surface area contributed by atoms with Crippen LogP contribution in [0.4, 0.5) is 4.39 Å². The summed E-state index contributed by atoms with van der Waals surface area (Å²) in [6.45, 7) is 7.93. The number of halogens is 2. The summed E-state index contributed by atoms with van der Waals surface area (Å²) in [6, 6.07) is 6.50. The van der Waals surface area contributed by atoms with E-state index < -0.39 is 0 Å². The molecular formula is C16H22FIN4S. The monoisotopic (exact) mass is 448 g/mol. The zero-order valence-corrected chi connectivity index (χ0v) is 16.7. The highest BCUT2D eigenvalue weighted by Gasteiger charge is 2.05. The summed E-state index contributed by atoms with van der Waals surface area (Å²) in [5.74, 6) is 0.469. The lowest BCUT2D eigenvalue weighted by molar-refractivity contribution is 0.625. The van der Waals surface area contributed by atoms with Crippen LogP contribution >= 0.6 is 35.3 Å². The Labute approximate surface area is 157 Å². The molecule has 0 unspecified atom stereocenters. The van der Waals surface area contributed by atoms with Crippen molar-refractivity contribution in [2.24, 2.45) is 4.99 Å². The van der Waals surface area contributed by atoms with Crippen molar-refractivity contribution in [3.8, 4) is 0 Å². The Morgan fingerprint density at radius 3 is 2.70 bits per heavy atom. The van der Waals surface area contributed by atoms with Crippen LogP contribution in [0, 0.1) is 19.7 Å². The third kappa shape index (κ3) is 6.42. The molecule has 0 amide bonds. The minimum atomic E-state index is -0.237. The predicted molar refractivity (Wildman–Crippen MR) is 105 cm³/mol. The molecule has 0 saturated heterocycles. The van der Waals surface area contributed by atoms with E-state index in [1.165, 1.54) is 17.0 Å². The highest BCUT2D eigenvalue weighted by Crippen LogP contribution is 2.15. The van der Waals surface area contributed by atoms with Crippen molar-refractivity contribution < 1.29 is 4.39 Å². The number of aryl methyl sites for hydroxylation is 2. The topological polar surface area (TPSA) is 49.3 Å². The summed E-state index contributed by atoms with van der Waals surface area (Å²) >= 11 is 1.68. The van der Waals surface area contributed by atoms with Gasteiger partial charge in [-0.15, -0.1) is 35.3 Å². The molecule has 0 aliphatic rings. The Kier molecular flexibility index (Phi) is 8.46. The summed E-state index contributed by atoms with van der Waals surface area (Å²) in [5, 5.41) is 7.47. The average Bonchev–Trinajstić information content (AvgIpc) is 2.81. The quantitative estimate of drug-likeness (QED) is 0.416. The van der Waals surface area contributed by atoms with Gasteiger partial charge in [-0.2, -0.15) is 0 Å². The molecule has 126 valence electrons. The van der Waals surface area contributed by atoms with Gasteiger partial charge in [0.25, 0.3) is 0 Å². The zero-order chi connectivity index (χ0) is 15.9. The van der Waals surface area contributed by atoms with Crippen molar-refractivity contribution in [1.82, 2.24) is 15.6 Å². The number of nitrogens with zero attached hydrogens (tertiary/aromatic N) is 2. The van der Waals surface area contributed by atoms with E-state index in [2.05, 4.69) is 27.5 Å². The molecule has 0 saturated carbocycles. The van der Waals surface area contributed by atoms with Gasteiger partial charge in [0.05, 0.1) is 18.8 Å². The smallest absolute Gasteiger partial charge is 0.191 e. The second-order valence-corrected chi connectivity index (χ2v) is 6.22. The van der Waals surface area contributed by atoms with Crippen LogP contribution < -0.4 is 10.6 Å². The number of guanidine groups is 1. The molecule has 0 radical (unpaired) electrons. The highest BCUT2D eigenvalue weighted by atomic mass is 127. The zero-order valence-electron chi connectivity index (χ0n) is 13.5. The first kappa shape index (κ1) is 19.8. The van der Waals surface area contributed by atoms with Crippen LogP contribution in [0.15, 0.2) is 29.3 Å². The molecule has 0 atom stereocenters. The van der Waals surface area contributed by atoms with Crippen LogP contribution in [-0.2, 0) is 13.1 Å². The molecule has 2 rings (SSSR count). The second kappa shape index (κ2) is 9.82. The summed E-state index contributed by atoms with van der Waals surface area (Å²) < 4.78 is 13.2. The lowest BCUT2D eigenvalue weighted by Gasteiger charge is -2.10. The predicted octanol–water partition coefficient (Wildman–Crippen LogP) is 3.77. The minimum absolute atomic E-state index is 0. The van der Waals surface area contributed by atoms with E-state index in [-0.39, 0.29) is 29.8 Å². The van der Waals surface area contributed by atoms with Crippen molar-refractivity contribution in [2.75, 3.05) is 6.54 Å². The molecule has 0 aliphatic carbocycles. The minimum Gasteiger partial charge on any atom is -0.357 e. The van der Waals surface area contributed by atoms with E-state index in [9.17, 15) is 4.39 Å². The van der Waals surface area contributed by atoms with E-state index in [1.807, 2.05) is 19.9 Å². The lowest BCUT2D eigenvalue weighted by Crippen LogP contribution is -2.36. The van der Waals surface area contributed by atoms with Gasteiger partial charge in [0.1, 0.15) is 10.8 Å². The van der Waals surface area contributed by atoms with Crippen LogP contribution in [0.25, 0.3) is 0 Å². The van der Waals surface area contributed by atoms with Gasteiger partial charge in [-0.1, -0.05) is 12.1 Å². The van der Waals surface area contributed by atoms with Gasteiger partial charge in [-0.25, -0.2) is 14.4 Å². The van der Waals surface area contributed by atoms with Gasteiger partial charge in [0.15, 0.2) is 5.96 Å². The Morgan fingerprint density at radius 1 is 1.30 bits per heavy atom. The molecule has 2 aromatic rings. The number of hydrogen-bond acceptors (Lipinski definition) is 3. The third-order valence-electron chi connectivity index (χ3n) is 3.13. The molecule has 2 N–H and O–H groups in total. The molecular weight excluding hydrogens is 426 g/mol. The third-order valence-corrected chi connectivity index (χ3v) is 4.21. The van der Waals surface area contributed by atoms with E-state index in [4.69, 9.17) is 0 Å². The van der Waals surface area contributed by atoms with Crippen LogP contribution in [0.1, 0.15) is 28.1 Å². The van der Waals surface area contributed by atoms with Gasteiger partial charge in [0.2, 0.25) is 0 Å². The number of rotatable bonds is 5. The Balaban J connectivity index is 0.00000264. The molecule has 1 heterocycles. The fourth-order valence-electron chi connectivity index (χ4n) is 1.92. The largest absolute Gasteiger partial charge is 0.357 e. The first-order valence-electron chi connectivity index (χ1n) is 7.28. The number of benzene rings is 1. The van der Waals surface area contributed by atoms with E-state index in [1.54, 1.807) is 17.4 Å². The highest BCUT2D eigenvalue weighted by molar-refractivity contribution is 14.0. The fourth-order valence-corrected chi connectivity index (χ4v) is 2.80. The van der Waals surface area contributed by atoms with E-state index >= 15 is 0 Å². The molecule has 4 nitrogen and oxygen atoms in total. The fraction of sp³-hybridized carbons (Fsp3) is 0.375. The molecule has 0 fully saturated rings. The molecule has 0 bridgehead atoms. The number of thiazole rings is 1. The van der Waals surface area contributed by atoms with Gasteiger partial charge in [0, 0.05) is 11.4 Å². The SMILES string of the molecule is CCNC(=NCc1cccc(F)c1)NCc1nc(C)c(C)s1.I. The maximum Gasteiger partial charge on any atom is 0.191 e. The summed E-state index contributed by atoms with van der Waals surface area (Å²) in [6.07, 6.45) is 0. The number of aliphatic imine (C=N–C) groups is 1. The van der Waals surface area contributed by atoms with Gasteiger partial charge in [-0.05, 0) is 38.5 Å². The molecule has 0 spiro atoms. The summed E-state index contributed by atoms with van der Waals surface area (Å²) in [5.41, 5.74) is 1.92. The first-order valence-corrected chi connectivity index (χ1v) is 8.09. The summed E-state index contributed by atoms with van der Waals surface area (Å²) in [7, 11) is 0. The Morgan fingerprint density at radius 2 is 2.09 bits per heavy atom. The van der Waals surface area contributed by atoms with Gasteiger partial charge in [-0.3, -0.25) is 0 Å². The molecule has 23 heavy (non-hydrogen) atoms. The molecule has 1 aromatic heterocycles. The van der Waals surface area contributed by atoms with E-state index in [0.29, 0.717) is 19.0 Å². The molecule has 7 heteroatoms.